The van der Waals surface area contributed by atoms with Crippen molar-refractivity contribution in [3.05, 3.63) is 72.8 Å². The molecule has 1 amide bonds. The van der Waals surface area contributed by atoms with Crippen LogP contribution in [0.5, 0.6) is 0 Å². The summed E-state index contributed by atoms with van der Waals surface area (Å²) in [4.78, 5) is 31.0. The molecule has 0 saturated carbocycles. The summed E-state index contributed by atoms with van der Waals surface area (Å²) in [7, 11) is 0. The Morgan fingerprint density at radius 2 is 1.85 bits per heavy atom. The molecule has 3 aromatic heterocycles. The fourth-order valence-electron chi connectivity index (χ4n) is 3.06. The number of pyridine rings is 2. The van der Waals surface area contributed by atoms with Crippen LogP contribution in [-0.4, -0.2) is 50.4 Å². The van der Waals surface area contributed by atoms with E-state index >= 15 is 0 Å². The van der Waals surface area contributed by atoms with Gasteiger partial charge in [-0.25, -0.2) is 9.97 Å². The maximum absolute atomic E-state index is 12.6. The number of carbonyl (C=O) groups excluding carboxylic acids is 1. The van der Waals surface area contributed by atoms with Gasteiger partial charge in [-0.15, -0.1) is 0 Å². The molecule has 1 saturated heterocycles. The van der Waals surface area contributed by atoms with E-state index in [0.29, 0.717) is 26.1 Å². The van der Waals surface area contributed by atoms with Crippen molar-refractivity contribution < 1.29 is 9.53 Å². The summed E-state index contributed by atoms with van der Waals surface area (Å²) in [6.45, 7) is 1.60. The average molecular weight is 361 g/mol. The molecule has 136 valence electrons. The van der Waals surface area contributed by atoms with Crippen LogP contribution in [0.1, 0.15) is 17.4 Å². The first-order valence-electron chi connectivity index (χ1n) is 8.79. The van der Waals surface area contributed by atoms with Crippen LogP contribution in [0.25, 0.3) is 11.1 Å². The van der Waals surface area contributed by atoms with Crippen molar-refractivity contribution >= 4 is 5.91 Å². The van der Waals surface area contributed by atoms with Crippen LogP contribution in [-0.2, 0) is 16.0 Å². The van der Waals surface area contributed by atoms with Gasteiger partial charge in [0.15, 0.2) is 0 Å². The topological polar surface area (TPSA) is 81.1 Å². The molecule has 0 bridgehead atoms. The molecule has 3 aromatic rings. The summed E-state index contributed by atoms with van der Waals surface area (Å²) in [5.74, 6) is 0.0903. The summed E-state index contributed by atoms with van der Waals surface area (Å²) in [6.07, 6.45) is 10.3. The highest BCUT2D eigenvalue weighted by atomic mass is 16.5. The maximum atomic E-state index is 12.6. The lowest BCUT2D eigenvalue weighted by Gasteiger charge is -2.32. The number of rotatable bonds is 4. The lowest BCUT2D eigenvalue weighted by Crippen LogP contribution is -2.43. The Kier molecular flexibility index (Phi) is 5.11. The van der Waals surface area contributed by atoms with Crippen molar-refractivity contribution in [3.8, 4) is 11.1 Å². The van der Waals surface area contributed by atoms with E-state index in [-0.39, 0.29) is 12.0 Å². The van der Waals surface area contributed by atoms with Crippen LogP contribution < -0.4 is 0 Å². The molecule has 7 heteroatoms. The Labute approximate surface area is 157 Å². The summed E-state index contributed by atoms with van der Waals surface area (Å²) >= 11 is 0. The molecular formula is C20H19N5O2. The van der Waals surface area contributed by atoms with Crippen LogP contribution >= 0.6 is 0 Å². The van der Waals surface area contributed by atoms with Gasteiger partial charge in [0.05, 0.1) is 25.3 Å². The second kappa shape index (κ2) is 8.01. The van der Waals surface area contributed by atoms with Gasteiger partial charge < -0.3 is 9.64 Å². The zero-order chi connectivity index (χ0) is 18.5. The SMILES string of the molecule is O=C(Cc1ccncc1)N1CCO[C@H](c2ccc(-c3cncnc3)cn2)C1. The van der Waals surface area contributed by atoms with Crippen molar-refractivity contribution in [3.63, 3.8) is 0 Å². The van der Waals surface area contributed by atoms with Crippen molar-refractivity contribution in [1.82, 2.24) is 24.8 Å². The molecule has 0 radical (unpaired) electrons. The highest BCUT2D eigenvalue weighted by Gasteiger charge is 2.26. The Morgan fingerprint density at radius 1 is 1.04 bits per heavy atom. The van der Waals surface area contributed by atoms with E-state index in [0.717, 1.165) is 22.4 Å². The fourth-order valence-corrected chi connectivity index (χ4v) is 3.06. The predicted molar refractivity (Wildman–Crippen MR) is 98.5 cm³/mol. The molecule has 1 fully saturated rings. The number of carbonyl (C=O) groups is 1. The molecule has 0 aliphatic carbocycles. The van der Waals surface area contributed by atoms with Gasteiger partial charge in [-0.3, -0.25) is 14.8 Å². The predicted octanol–water partition coefficient (Wildman–Crippen LogP) is 2.08. The van der Waals surface area contributed by atoms with E-state index in [1.807, 2.05) is 29.2 Å². The van der Waals surface area contributed by atoms with Gasteiger partial charge in [0.1, 0.15) is 12.4 Å². The second-order valence-electron chi connectivity index (χ2n) is 6.33. The van der Waals surface area contributed by atoms with Gasteiger partial charge in [0.25, 0.3) is 0 Å². The first-order valence-corrected chi connectivity index (χ1v) is 8.79. The summed E-state index contributed by atoms with van der Waals surface area (Å²) < 4.78 is 5.85. The first kappa shape index (κ1) is 17.2. The van der Waals surface area contributed by atoms with E-state index in [1.165, 1.54) is 6.33 Å². The molecule has 1 atom stereocenters. The monoisotopic (exact) mass is 361 g/mol. The van der Waals surface area contributed by atoms with Gasteiger partial charge in [-0.1, -0.05) is 6.07 Å². The van der Waals surface area contributed by atoms with E-state index in [9.17, 15) is 4.79 Å². The molecule has 1 aliphatic heterocycles. The van der Waals surface area contributed by atoms with Gasteiger partial charge in [0.2, 0.25) is 5.91 Å². The van der Waals surface area contributed by atoms with Crippen LogP contribution in [0, 0.1) is 0 Å². The molecule has 1 aliphatic rings. The highest BCUT2D eigenvalue weighted by Crippen LogP contribution is 2.23. The van der Waals surface area contributed by atoms with E-state index < -0.39 is 0 Å². The normalized spacial score (nSPS) is 16.9. The average Bonchev–Trinajstić information content (AvgIpc) is 2.75. The standard InChI is InChI=1S/C20H19N5O2/c26-20(9-15-3-5-21-6-4-15)25-7-8-27-19(13-25)18-2-1-16(12-24-18)17-10-22-14-23-11-17/h1-6,10-12,14,19H,7-9,13H2/t19-/m0/s1. The molecule has 4 rings (SSSR count). The first-order chi connectivity index (χ1) is 13.3. The van der Waals surface area contributed by atoms with Crippen molar-refractivity contribution in [2.75, 3.05) is 19.7 Å². The number of hydrogen-bond donors (Lipinski definition) is 0. The zero-order valence-corrected chi connectivity index (χ0v) is 14.7. The van der Waals surface area contributed by atoms with E-state index in [1.54, 1.807) is 31.0 Å². The van der Waals surface area contributed by atoms with Crippen LogP contribution in [0.2, 0.25) is 0 Å². The minimum atomic E-state index is -0.221. The maximum Gasteiger partial charge on any atom is 0.227 e. The Hall–Kier alpha value is -3.19. The molecule has 0 aromatic carbocycles. The third-order valence-corrected chi connectivity index (χ3v) is 4.53. The number of aromatic nitrogens is 4. The third kappa shape index (κ3) is 4.15. The van der Waals surface area contributed by atoms with Crippen LogP contribution in [0.3, 0.4) is 0 Å². The lowest BCUT2D eigenvalue weighted by atomic mass is 10.1. The Morgan fingerprint density at radius 3 is 2.59 bits per heavy atom. The molecule has 27 heavy (non-hydrogen) atoms. The lowest BCUT2D eigenvalue weighted by molar-refractivity contribution is -0.138. The highest BCUT2D eigenvalue weighted by molar-refractivity contribution is 5.78. The fraction of sp³-hybridized carbons (Fsp3) is 0.250. The molecule has 4 heterocycles. The Balaban J connectivity index is 1.43. The summed E-state index contributed by atoms with van der Waals surface area (Å²) in [6, 6.07) is 7.64. The largest absolute Gasteiger partial charge is 0.368 e. The van der Waals surface area contributed by atoms with Gasteiger partial charge in [-0.2, -0.15) is 0 Å². The molecular weight excluding hydrogens is 342 g/mol. The number of ether oxygens (including phenoxy) is 1. The summed E-state index contributed by atoms with van der Waals surface area (Å²) in [5, 5.41) is 0. The van der Waals surface area contributed by atoms with Gasteiger partial charge in [0, 0.05) is 48.7 Å². The Bertz CT molecular complexity index is 887. The van der Waals surface area contributed by atoms with Crippen molar-refractivity contribution in [2.24, 2.45) is 0 Å². The number of nitrogens with zero attached hydrogens (tertiary/aromatic N) is 5. The number of hydrogen-bond acceptors (Lipinski definition) is 6. The number of morpholine rings is 1. The smallest absolute Gasteiger partial charge is 0.227 e. The quantitative estimate of drug-likeness (QED) is 0.708. The summed E-state index contributed by atoms with van der Waals surface area (Å²) in [5.41, 5.74) is 3.64. The van der Waals surface area contributed by atoms with E-state index in [4.69, 9.17) is 4.74 Å². The third-order valence-electron chi connectivity index (χ3n) is 4.53. The van der Waals surface area contributed by atoms with E-state index in [2.05, 4.69) is 19.9 Å². The van der Waals surface area contributed by atoms with Crippen molar-refractivity contribution in [2.45, 2.75) is 12.5 Å². The number of amides is 1. The molecule has 0 N–H and O–H groups in total. The molecule has 7 nitrogen and oxygen atoms in total. The minimum absolute atomic E-state index is 0.0903. The zero-order valence-electron chi connectivity index (χ0n) is 14.7. The van der Waals surface area contributed by atoms with Crippen LogP contribution in [0.15, 0.2) is 61.6 Å². The van der Waals surface area contributed by atoms with Gasteiger partial charge in [-0.05, 0) is 23.8 Å². The van der Waals surface area contributed by atoms with Crippen LogP contribution in [0.4, 0.5) is 0 Å². The molecule has 0 spiro atoms. The molecule has 0 unspecified atom stereocenters. The van der Waals surface area contributed by atoms with Crippen molar-refractivity contribution in [1.29, 1.82) is 0 Å². The second-order valence-corrected chi connectivity index (χ2v) is 6.33. The van der Waals surface area contributed by atoms with Gasteiger partial charge >= 0.3 is 0 Å². The minimum Gasteiger partial charge on any atom is -0.368 e.